The van der Waals surface area contributed by atoms with Crippen molar-refractivity contribution in [1.82, 2.24) is 15.5 Å². The predicted octanol–water partition coefficient (Wildman–Crippen LogP) is 1.74. The molecule has 100 valence electrons. The minimum atomic E-state index is -0.117. The smallest absolute Gasteiger partial charge is 0.314 e. The van der Waals surface area contributed by atoms with E-state index in [2.05, 4.69) is 15.5 Å². The summed E-state index contributed by atoms with van der Waals surface area (Å²) in [5.41, 5.74) is 0. The highest BCUT2D eigenvalue weighted by atomic mass is 16.3. The molecule has 2 N–H and O–H groups in total. The van der Waals surface area contributed by atoms with Crippen LogP contribution in [0.5, 0.6) is 0 Å². The van der Waals surface area contributed by atoms with E-state index in [1.165, 1.54) is 12.8 Å². The SMILES string of the molecule is CCNC(=O)NCC(c1ccco1)N1CCCC1. The molecule has 0 saturated carbocycles. The van der Waals surface area contributed by atoms with Crippen molar-refractivity contribution in [2.45, 2.75) is 25.8 Å². The molecule has 1 atom stereocenters. The fourth-order valence-electron chi connectivity index (χ4n) is 2.36. The lowest BCUT2D eigenvalue weighted by Crippen LogP contribution is -2.41. The van der Waals surface area contributed by atoms with E-state index < -0.39 is 0 Å². The molecule has 2 rings (SSSR count). The number of amides is 2. The van der Waals surface area contributed by atoms with Crippen LogP contribution >= 0.6 is 0 Å². The second kappa shape index (κ2) is 6.44. The van der Waals surface area contributed by atoms with Crippen molar-refractivity contribution in [3.8, 4) is 0 Å². The lowest BCUT2D eigenvalue weighted by atomic mass is 10.2. The first-order chi connectivity index (χ1) is 8.81. The first-order valence-electron chi connectivity index (χ1n) is 6.60. The summed E-state index contributed by atoms with van der Waals surface area (Å²) in [7, 11) is 0. The van der Waals surface area contributed by atoms with Crippen LogP contribution in [0.25, 0.3) is 0 Å². The van der Waals surface area contributed by atoms with Gasteiger partial charge in [-0.15, -0.1) is 0 Å². The van der Waals surface area contributed by atoms with Crippen molar-refractivity contribution in [2.75, 3.05) is 26.2 Å². The maximum Gasteiger partial charge on any atom is 0.314 e. The van der Waals surface area contributed by atoms with Gasteiger partial charge in [0, 0.05) is 13.1 Å². The highest BCUT2D eigenvalue weighted by Gasteiger charge is 2.25. The quantitative estimate of drug-likeness (QED) is 0.838. The first kappa shape index (κ1) is 13.0. The normalized spacial score (nSPS) is 17.6. The Morgan fingerprint density at radius 1 is 1.44 bits per heavy atom. The Morgan fingerprint density at radius 2 is 2.22 bits per heavy atom. The van der Waals surface area contributed by atoms with Crippen LogP contribution in [-0.2, 0) is 0 Å². The molecule has 0 aromatic carbocycles. The second-order valence-corrected chi connectivity index (χ2v) is 4.51. The Bertz CT molecular complexity index is 358. The van der Waals surface area contributed by atoms with Crippen LogP contribution in [0, 0.1) is 0 Å². The lowest BCUT2D eigenvalue weighted by molar-refractivity contribution is 0.203. The molecule has 1 aromatic rings. The van der Waals surface area contributed by atoms with E-state index in [1.54, 1.807) is 6.26 Å². The van der Waals surface area contributed by atoms with Crippen LogP contribution < -0.4 is 10.6 Å². The molecular formula is C13H21N3O2. The van der Waals surface area contributed by atoms with E-state index in [-0.39, 0.29) is 12.1 Å². The number of nitrogens with zero attached hydrogens (tertiary/aromatic N) is 1. The zero-order valence-corrected chi connectivity index (χ0v) is 10.8. The maximum absolute atomic E-state index is 11.5. The molecule has 1 aliphatic rings. The third-order valence-electron chi connectivity index (χ3n) is 3.25. The Balaban J connectivity index is 1.94. The van der Waals surface area contributed by atoms with Crippen LogP contribution in [0.15, 0.2) is 22.8 Å². The van der Waals surface area contributed by atoms with Gasteiger partial charge in [0.1, 0.15) is 5.76 Å². The summed E-state index contributed by atoms with van der Waals surface area (Å²) in [5, 5.41) is 5.63. The van der Waals surface area contributed by atoms with Gasteiger partial charge in [-0.2, -0.15) is 0 Å². The van der Waals surface area contributed by atoms with Gasteiger partial charge >= 0.3 is 6.03 Å². The lowest BCUT2D eigenvalue weighted by Gasteiger charge is -2.25. The van der Waals surface area contributed by atoms with Crippen molar-refractivity contribution < 1.29 is 9.21 Å². The molecule has 0 bridgehead atoms. The number of rotatable bonds is 5. The van der Waals surface area contributed by atoms with Crippen molar-refractivity contribution in [2.24, 2.45) is 0 Å². The average molecular weight is 251 g/mol. The van der Waals surface area contributed by atoms with E-state index in [1.807, 2.05) is 19.1 Å². The summed E-state index contributed by atoms with van der Waals surface area (Å²) >= 11 is 0. The van der Waals surface area contributed by atoms with Crippen LogP contribution in [-0.4, -0.2) is 37.1 Å². The maximum atomic E-state index is 11.5. The van der Waals surface area contributed by atoms with E-state index in [4.69, 9.17) is 4.42 Å². The van der Waals surface area contributed by atoms with Crippen molar-refractivity contribution in [1.29, 1.82) is 0 Å². The minimum Gasteiger partial charge on any atom is -0.468 e. The number of urea groups is 1. The number of likely N-dealkylation sites (tertiary alicyclic amines) is 1. The molecule has 0 radical (unpaired) electrons. The van der Waals surface area contributed by atoms with Gasteiger partial charge in [-0.05, 0) is 45.0 Å². The molecule has 1 aliphatic heterocycles. The number of hydrogen-bond donors (Lipinski definition) is 2. The summed E-state index contributed by atoms with van der Waals surface area (Å²) in [4.78, 5) is 13.8. The van der Waals surface area contributed by atoms with Crippen molar-refractivity contribution in [3.63, 3.8) is 0 Å². The number of furan rings is 1. The summed E-state index contributed by atoms with van der Waals surface area (Å²) in [6.07, 6.45) is 4.13. The predicted molar refractivity (Wildman–Crippen MR) is 69.3 cm³/mol. The number of hydrogen-bond acceptors (Lipinski definition) is 3. The molecule has 5 nitrogen and oxygen atoms in total. The largest absolute Gasteiger partial charge is 0.468 e. The average Bonchev–Trinajstić information content (AvgIpc) is 3.02. The molecule has 5 heteroatoms. The zero-order chi connectivity index (χ0) is 12.8. The summed E-state index contributed by atoms with van der Waals surface area (Å²) in [6.45, 7) is 5.27. The fourth-order valence-corrected chi connectivity index (χ4v) is 2.36. The number of carbonyl (C=O) groups excluding carboxylic acids is 1. The van der Waals surface area contributed by atoms with Crippen LogP contribution in [0.2, 0.25) is 0 Å². The van der Waals surface area contributed by atoms with Crippen LogP contribution in [0.1, 0.15) is 31.6 Å². The van der Waals surface area contributed by atoms with E-state index in [0.29, 0.717) is 13.1 Å². The molecule has 2 amide bonds. The van der Waals surface area contributed by atoms with Gasteiger partial charge in [0.25, 0.3) is 0 Å². The van der Waals surface area contributed by atoms with Crippen LogP contribution in [0.3, 0.4) is 0 Å². The van der Waals surface area contributed by atoms with Crippen LogP contribution in [0.4, 0.5) is 4.79 Å². The topological polar surface area (TPSA) is 57.5 Å². The summed E-state index contributed by atoms with van der Waals surface area (Å²) in [6, 6.07) is 3.89. The number of nitrogens with one attached hydrogen (secondary N) is 2. The van der Waals surface area contributed by atoms with E-state index in [9.17, 15) is 4.79 Å². The van der Waals surface area contributed by atoms with Crippen molar-refractivity contribution >= 4 is 6.03 Å². The molecule has 1 unspecified atom stereocenters. The molecule has 0 spiro atoms. The summed E-state index contributed by atoms with van der Waals surface area (Å²) < 4.78 is 5.49. The van der Waals surface area contributed by atoms with E-state index >= 15 is 0 Å². The Kier molecular flexibility index (Phi) is 4.64. The summed E-state index contributed by atoms with van der Waals surface area (Å²) in [5.74, 6) is 0.925. The molecular weight excluding hydrogens is 230 g/mol. The van der Waals surface area contributed by atoms with Gasteiger partial charge in [-0.3, -0.25) is 4.90 Å². The van der Waals surface area contributed by atoms with Gasteiger partial charge < -0.3 is 15.1 Å². The Hall–Kier alpha value is -1.49. The third kappa shape index (κ3) is 3.26. The Labute approximate surface area is 108 Å². The third-order valence-corrected chi connectivity index (χ3v) is 3.25. The Morgan fingerprint density at radius 3 is 2.83 bits per heavy atom. The second-order valence-electron chi connectivity index (χ2n) is 4.51. The van der Waals surface area contributed by atoms with E-state index in [0.717, 1.165) is 18.8 Å². The standard InChI is InChI=1S/C13H21N3O2/c1-2-14-13(17)15-10-11(12-6-5-9-18-12)16-7-3-4-8-16/h5-6,9,11H,2-4,7-8,10H2,1H3,(H2,14,15,17). The van der Waals surface area contributed by atoms with Gasteiger partial charge in [-0.25, -0.2) is 4.79 Å². The molecule has 2 heterocycles. The fraction of sp³-hybridized carbons (Fsp3) is 0.615. The zero-order valence-electron chi connectivity index (χ0n) is 10.8. The van der Waals surface area contributed by atoms with Gasteiger partial charge in [-0.1, -0.05) is 0 Å². The molecule has 1 saturated heterocycles. The highest BCUT2D eigenvalue weighted by molar-refractivity contribution is 5.73. The highest BCUT2D eigenvalue weighted by Crippen LogP contribution is 2.24. The molecule has 18 heavy (non-hydrogen) atoms. The molecule has 1 aromatic heterocycles. The van der Waals surface area contributed by atoms with Crippen molar-refractivity contribution in [3.05, 3.63) is 24.2 Å². The molecule has 1 fully saturated rings. The molecule has 0 aliphatic carbocycles. The minimum absolute atomic E-state index is 0.117. The first-order valence-corrected chi connectivity index (χ1v) is 6.60. The van der Waals surface area contributed by atoms with Gasteiger partial charge in [0.2, 0.25) is 0 Å². The monoisotopic (exact) mass is 251 g/mol. The van der Waals surface area contributed by atoms with Gasteiger partial charge in [0.15, 0.2) is 0 Å². The van der Waals surface area contributed by atoms with Gasteiger partial charge in [0.05, 0.1) is 12.3 Å². The number of carbonyl (C=O) groups is 1.